The van der Waals surface area contributed by atoms with Crippen LogP contribution in [-0.4, -0.2) is 17.2 Å². The largest absolute Gasteiger partial charge is 0.454 e. The molecule has 3 aromatic heterocycles. The molecule has 300 valence electrons. The molecule has 0 amide bonds. The molecule has 0 unspecified atom stereocenters. The van der Waals surface area contributed by atoms with Gasteiger partial charge in [0.1, 0.15) is 5.58 Å². The second-order valence-electron chi connectivity index (χ2n) is 15.5. The van der Waals surface area contributed by atoms with Gasteiger partial charge in [-0.25, -0.2) is 0 Å². The van der Waals surface area contributed by atoms with Gasteiger partial charge in [-0.15, -0.1) is 0 Å². The zero-order valence-corrected chi connectivity index (χ0v) is 34.6. The molecular weight excluding hydrogens is 793 g/mol. The molecule has 13 aromatic rings. The van der Waals surface area contributed by atoms with Crippen molar-refractivity contribution in [3.8, 4) is 22.5 Å². The van der Waals surface area contributed by atoms with Crippen LogP contribution in [0.1, 0.15) is 23.3 Å². The van der Waals surface area contributed by atoms with Gasteiger partial charge in [0.05, 0.1) is 56.4 Å². The normalized spacial score (nSPS) is 15.8. The standard InChI is InChI=1S/C60H40N2OSi/c1-4-19-41(20-5-1)42-21-18-26-47(39-42)64(44-22-6-2-7-23-44,45-24-8-3-9-25-45)46-37-35-43(36-38-46)61-53-31-14-12-29-50(53)52-40-56(60-58(59(52)61)51-30-13-17-34-57(51)63-60)62-54-32-15-10-27-48(54)49-28-11-16-33-55(49)62/h1-40H/i1D,4D,5D,10D,11D,15D,16D,19D,20D,27D,28D,32D,33D,35D,36D,37D,38D. The summed E-state index contributed by atoms with van der Waals surface area (Å²) in [5.74, 6) is 0. The molecular formula is C60H40N2OSi. The second-order valence-corrected chi connectivity index (χ2v) is 19.2. The van der Waals surface area contributed by atoms with E-state index >= 15 is 0 Å². The first kappa shape index (κ1) is 23.3. The lowest BCUT2D eigenvalue weighted by molar-refractivity contribution is 0.666. The zero-order chi connectivity index (χ0) is 57.0. The molecule has 0 saturated heterocycles. The summed E-state index contributed by atoms with van der Waals surface area (Å²) in [6.07, 6.45) is 0. The molecule has 0 aliphatic heterocycles. The van der Waals surface area contributed by atoms with Gasteiger partial charge in [-0.05, 0) is 74.2 Å². The minimum absolute atomic E-state index is 0.0404. The van der Waals surface area contributed by atoms with E-state index in [2.05, 4.69) is 0 Å². The first-order chi connectivity index (χ1) is 38.8. The molecule has 0 saturated carbocycles. The van der Waals surface area contributed by atoms with Crippen LogP contribution >= 0.6 is 0 Å². The Morgan fingerprint density at radius 3 is 1.69 bits per heavy atom. The Kier molecular flexibility index (Phi) is 5.26. The fraction of sp³-hybridized carbons (Fsp3) is 0. The van der Waals surface area contributed by atoms with Crippen molar-refractivity contribution in [1.29, 1.82) is 0 Å². The summed E-state index contributed by atoms with van der Waals surface area (Å²) in [5, 5.41) is 3.74. The maximum absolute atomic E-state index is 10.4. The van der Waals surface area contributed by atoms with Crippen LogP contribution in [-0.2, 0) is 0 Å². The first-order valence-electron chi connectivity index (χ1n) is 29.1. The van der Waals surface area contributed by atoms with E-state index < -0.39 is 98.7 Å². The van der Waals surface area contributed by atoms with E-state index in [9.17, 15) is 8.22 Å². The molecule has 0 fully saturated rings. The number of hydrogen-bond donors (Lipinski definition) is 0. The van der Waals surface area contributed by atoms with Gasteiger partial charge in [0, 0.05) is 32.6 Å². The van der Waals surface area contributed by atoms with Crippen molar-refractivity contribution >= 4 is 94.4 Å². The molecule has 0 spiro atoms. The predicted molar refractivity (Wildman–Crippen MR) is 271 cm³/mol. The zero-order valence-electron chi connectivity index (χ0n) is 50.6. The number of fused-ring (bicyclic) bond motifs is 10. The van der Waals surface area contributed by atoms with Crippen molar-refractivity contribution in [2.75, 3.05) is 0 Å². The van der Waals surface area contributed by atoms with Crippen LogP contribution in [0, 0.1) is 0 Å². The Bertz CT molecular complexity index is 4750. The average Bonchev–Trinajstić information content (AvgIpc) is 3.69. The molecule has 64 heavy (non-hydrogen) atoms. The van der Waals surface area contributed by atoms with Crippen LogP contribution < -0.4 is 20.7 Å². The SMILES string of the molecule is [2H]c1c([2H])c([2H])c(-c2cccc([Si](c3ccccc3)(c3ccccc3)c3c([2H])c([2H])c(-n4c5ccccc5c5cc(-n6c7c([2H])c([2H])c([2H])c([2H])c7c7c([2H])c([2H])c([2H])c([2H])c76)c6oc7ccccc7c6c54)c([2H])c3[2H])c2)c([2H])c1[2H]. The highest BCUT2D eigenvalue weighted by Gasteiger charge is 2.41. The van der Waals surface area contributed by atoms with Crippen molar-refractivity contribution in [3.05, 3.63) is 242 Å². The molecule has 13 rings (SSSR count). The second kappa shape index (κ2) is 14.5. The Labute approximate surface area is 395 Å². The van der Waals surface area contributed by atoms with Gasteiger partial charge in [-0.3, -0.25) is 0 Å². The quantitative estimate of drug-likeness (QED) is 0.116. The van der Waals surface area contributed by atoms with E-state index in [0.717, 1.165) is 0 Å². The van der Waals surface area contributed by atoms with Gasteiger partial charge < -0.3 is 13.6 Å². The Balaban J connectivity index is 1.17. The third-order valence-electron chi connectivity index (χ3n) is 12.2. The summed E-state index contributed by atoms with van der Waals surface area (Å²) in [7, 11) is -4.09. The van der Waals surface area contributed by atoms with E-state index in [0.29, 0.717) is 59.3 Å². The maximum atomic E-state index is 10.4. The van der Waals surface area contributed by atoms with Gasteiger partial charge in [0.25, 0.3) is 0 Å². The fourth-order valence-electron chi connectivity index (χ4n) is 9.60. The Morgan fingerprint density at radius 2 is 0.984 bits per heavy atom. The number of aromatic nitrogens is 2. The minimum atomic E-state index is -4.09. The van der Waals surface area contributed by atoms with E-state index in [-0.39, 0.29) is 61.6 Å². The van der Waals surface area contributed by atoms with Crippen molar-refractivity contribution in [1.82, 2.24) is 9.13 Å². The van der Waals surface area contributed by atoms with Crippen LogP contribution in [0.5, 0.6) is 0 Å². The lowest BCUT2D eigenvalue weighted by Crippen LogP contribution is -2.74. The lowest BCUT2D eigenvalue weighted by Gasteiger charge is -2.35. The molecule has 0 N–H and O–H groups in total. The lowest BCUT2D eigenvalue weighted by atomic mass is 10.1. The summed E-state index contributed by atoms with van der Waals surface area (Å²) < 4.78 is 167. The smallest absolute Gasteiger partial charge is 0.179 e. The van der Waals surface area contributed by atoms with Crippen LogP contribution in [0.2, 0.25) is 0 Å². The molecule has 0 aliphatic carbocycles. The van der Waals surface area contributed by atoms with E-state index in [1.165, 1.54) is 4.57 Å². The third-order valence-corrected chi connectivity index (χ3v) is 16.8. The molecule has 10 aromatic carbocycles. The van der Waals surface area contributed by atoms with Gasteiger partial charge >= 0.3 is 0 Å². The number of nitrogens with zero attached hydrogens (tertiary/aromatic N) is 2. The number of benzene rings is 10. The van der Waals surface area contributed by atoms with Crippen LogP contribution in [0.15, 0.2) is 247 Å². The van der Waals surface area contributed by atoms with E-state index in [1.807, 2.05) is 78.9 Å². The maximum Gasteiger partial charge on any atom is 0.179 e. The summed E-state index contributed by atoms with van der Waals surface area (Å²) in [6, 6.07) is 33.2. The van der Waals surface area contributed by atoms with Gasteiger partial charge in [0.15, 0.2) is 13.7 Å². The highest BCUT2D eigenvalue weighted by atomic mass is 28.3. The molecule has 0 bridgehead atoms. The number of furan rings is 1. The highest BCUT2D eigenvalue weighted by molar-refractivity contribution is 7.19. The van der Waals surface area contributed by atoms with Gasteiger partial charge in [-0.1, -0.05) is 200 Å². The van der Waals surface area contributed by atoms with Crippen molar-refractivity contribution in [3.63, 3.8) is 0 Å². The number of para-hydroxylation sites is 4. The molecule has 3 nitrogen and oxygen atoms in total. The monoisotopic (exact) mass is 849 g/mol. The van der Waals surface area contributed by atoms with Crippen molar-refractivity contribution in [2.45, 2.75) is 0 Å². The van der Waals surface area contributed by atoms with Crippen LogP contribution in [0.3, 0.4) is 0 Å². The number of rotatable bonds is 7. The molecule has 0 aliphatic rings. The molecule has 0 radical (unpaired) electrons. The Hall–Kier alpha value is -8.18. The van der Waals surface area contributed by atoms with Gasteiger partial charge in [0.2, 0.25) is 0 Å². The van der Waals surface area contributed by atoms with Crippen LogP contribution in [0.4, 0.5) is 0 Å². The summed E-state index contributed by atoms with van der Waals surface area (Å²) >= 11 is 0. The van der Waals surface area contributed by atoms with E-state index in [1.54, 1.807) is 65.2 Å². The Morgan fingerprint density at radius 1 is 0.391 bits per heavy atom. The number of hydrogen-bond acceptors (Lipinski definition) is 1. The summed E-state index contributed by atoms with van der Waals surface area (Å²) in [4.78, 5) is 0. The molecule has 4 heteroatoms. The minimum Gasteiger partial charge on any atom is -0.454 e. The van der Waals surface area contributed by atoms with Crippen molar-refractivity contribution in [2.24, 2.45) is 0 Å². The molecule has 0 atom stereocenters. The van der Waals surface area contributed by atoms with Crippen LogP contribution in [0.25, 0.3) is 88.1 Å². The average molecular weight is 850 g/mol. The summed E-state index contributed by atoms with van der Waals surface area (Å²) in [5.41, 5.74) is 1.39. The van der Waals surface area contributed by atoms with Crippen molar-refractivity contribution < 1.29 is 27.7 Å². The topological polar surface area (TPSA) is 23.0 Å². The highest BCUT2D eigenvalue weighted by Crippen LogP contribution is 2.45. The third kappa shape index (κ3) is 5.33. The predicted octanol–water partition coefficient (Wildman–Crippen LogP) is 12.8. The molecule has 3 heterocycles. The van der Waals surface area contributed by atoms with E-state index in [4.69, 9.17) is 19.5 Å². The summed E-state index contributed by atoms with van der Waals surface area (Å²) in [6.45, 7) is 0. The fourth-order valence-corrected chi connectivity index (χ4v) is 14.1. The first-order valence-corrected chi connectivity index (χ1v) is 22.6. The van der Waals surface area contributed by atoms with Gasteiger partial charge in [-0.2, -0.15) is 0 Å².